The smallest absolute Gasteiger partial charge is 0.249 e. The van der Waals surface area contributed by atoms with Crippen molar-refractivity contribution >= 4 is 27.5 Å². The van der Waals surface area contributed by atoms with Crippen LogP contribution in [0.2, 0.25) is 5.15 Å². The van der Waals surface area contributed by atoms with Crippen LogP contribution in [0.25, 0.3) is 0 Å². The van der Waals surface area contributed by atoms with Gasteiger partial charge in [-0.15, -0.1) is 0 Å². The van der Waals surface area contributed by atoms with Crippen LogP contribution in [-0.2, 0) is 39.2 Å². The second kappa shape index (κ2) is 13.0. The normalized spacial score (nSPS) is 20.7. The third kappa shape index (κ3) is 6.59. The minimum Gasteiger partial charge on any atom is -0.497 e. The number of aryl methyl sites for hydroxylation is 2. The number of benzene rings is 1. The van der Waals surface area contributed by atoms with Crippen molar-refractivity contribution in [2.45, 2.75) is 82.9 Å². The fourth-order valence-electron chi connectivity index (χ4n) is 6.38. The van der Waals surface area contributed by atoms with Gasteiger partial charge in [0.05, 0.1) is 30.9 Å². The quantitative estimate of drug-likeness (QED) is 0.428. The molecule has 0 aliphatic carbocycles. The van der Waals surface area contributed by atoms with Crippen LogP contribution >= 0.6 is 11.6 Å². The van der Waals surface area contributed by atoms with E-state index < -0.39 is 10.0 Å². The zero-order valence-electron chi connectivity index (χ0n) is 24.4. The average molecular weight is 608 g/mol. The molecule has 1 atom stereocenters. The first-order chi connectivity index (χ1) is 19.7. The predicted octanol–water partition coefficient (Wildman–Crippen LogP) is 3.75. The number of likely N-dealkylation sites (tertiary alicyclic amines) is 1. The fourth-order valence-corrected chi connectivity index (χ4v) is 8.75. The summed E-state index contributed by atoms with van der Waals surface area (Å²) in [5.74, 6) is 1.31. The number of rotatable bonds is 9. The third-order valence-electron chi connectivity index (χ3n) is 8.50. The first-order valence-electron chi connectivity index (χ1n) is 14.7. The van der Waals surface area contributed by atoms with E-state index in [1.807, 2.05) is 4.57 Å². The molecule has 0 N–H and O–H groups in total. The molecule has 2 fully saturated rings. The Morgan fingerprint density at radius 3 is 2.44 bits per heavy atom. The minimum absolute atomic E-state index is 0.0972. The zero-order chi connectivity index (χ0) is 29.1. The number of imidazole rings is 1. The van der Waals surface area contributed by atoms with Gasteiger partial charge in [0.25, 0.3) is 0 Å². The number of nitrogens with zero attached hydrogens (tertiary/aromatic N) is 5. The molecule has 0 saturated carbocycles. The van der Waals surface area contributed by atoms with Crippen LogP contribution in [0.15, 0.2) is 17.0 Å². The second-order valence-electron chi connectivity index (χ2n) is 11.4. The first kappa shape index (κ1) is 30.3. The molecule has 3 aliphatic rings. The van der Waals surface area contributed by atoms with E-state index in [1.165, 1.54) is 19.3 Å². The standard InChI is InChI=1S/C29H42ClN5O5S/c1-21-15-24(39-3)16-22(2)28(21)41(37,38)35-12-8-5-9-23(35)19-40-20-27(36)33-13-14-34-26(18-33)31-25(29(34)30)17-32-10-6-4-7-11-32/h15-16,23H,4-14,17-20H2,1-3H3. The number of fused-ring (bicyclic) bond motifs is 1. The third-order valence-corrected chi connectivity index (χ3v) is 11.2. The van der Waals surface area contributed by atoms with E-state index in [0.717, 1.165) is 44.0 Å². The van der Waals surface area contributed by atoms with Gasteiger partial charge < -0.3 is 18.9 Å². The molecule has 1 aromatic carbocycles. The van der Waals surface area contributed by atoms with Crippen molar-refractivity contribution in [3.05, 3.63) is 39.9 Å². The molecule has 12 heteroatoms. The zero-order valence-corrected chi connectivity index (χ0v) is 26.0. The monoisotopic (exact) mass is 607 g/mol. The van der Waals surface area contributed by atoms with E-state index in [-0.39, 0.29) is 25.2 Å². The molecule has 5 rings (SSSR count). The highest BCUT2D eigenvalue weighted by molar-refractivity contribution is 7.89. The summed E-state index contributed by atoms with van der Waals surface area (Å²) in [4.78, 5) is 22.4. The van der Waals surface area contributed by atoms with Gasteiger partial charge in [0.1, 0.15) is 23.3 Å². The Kier molecular flexibility index (Phi) is 9.60. The van der Waals surface area contributed by atoms with Crippen LogP contribution in [-0.4, -0.2) is 90.5 Å². The highest BCUT2D eigenvalue weighted by Crippen LogP contribution is 2.32. The lowest BCUT2D eigenvalue weighted by atomic mass is 10.1. The van der Waals surface area contributed by atoms with Crippen molar-refractivity contribution in [1.82, 2.24) is 23.7 Å². The lowest BCUT2D eigenvalue weighted by Crippen LogP contribution is -2.47. The molecule has 0 spiro atoms. The van der Waals surface area contributed by atoms with Crippen LogP contribution in [0.4, 0.5) is 0 Å². The Hall–Kier alpha value is -2.18. The van der Waals surface area contributed by atoms with Gasteiger partial charge in [0.15, 0.2) is 0 Å². The van der Waals surface area contributed by atoms with Crippen molar-refractivity contribution in [3.63, 3.8) is 0 Å². The van der Waals surface area contributed by atoms with Gasteiger partial charge in [-0.05, 0) is 75.9 Å². The van der Waals surface area contributed by atoms with Crippen molar-refractivity contribution in [2.24, 2.45) is 0 Å². The second-order valence-corrected chi connectivity index (χ2v) is 13.6. The first-order valence-corrected chi connectivity index (χ1v) is 16.5. The summed E-state index contributed by atoms with van der Waals surface area (Å²) in [6.45, 7) is 8.51. The summed E-state index contributed by atoms with van der Waals surface area (Å²) in [5.41, 5.74) is 2.20. The highest BCUT2D eigenvalue weighted by atomic mass is 35.5. The van der Waals surface area contributed by atoms with Crippen molar-refractivity contribution in [2.75, 3.05) is 46.5 Å². The van der Waals surface area contributed by atoms with Crippen LogP contribution in [0, 0.1) is 13.8 Å². The topological polar surface area (TPSA) is 97.2 Å². The number of piperidine rings is 2. The average Bonchev–Trinajstić information content (AvgIpc) is 3.27. The Labute approximate surface area is 248 Å². The van der Waals surface area contributed by atoms with Crippen LogP contribution in [0.3, 0.4) is 0 Å². The summed E-state index contributed by atoms with van der Waals surface area (Å²) in [7, 11) is -2.17. The van der Waals surface area contributed by atoms with E-state index in [1.54, 1.807) is 42.3 Å². The van der Waals surface area contributed by atoms with E-state index in [4.69, 9.17) is 26.1 Å². The maximum atomic E-state index is 13.8. The molecule has 1 unspecified atom stereocenters. The number of carbonyl (C=O) groups is 1. The van der Waals surface area contributed by atoms with Crippen LogP contribution in [0.5, 0.6) is 5.75 Å². The summed E-state index contributed by atoms with van der Waals surface area (Å²) < 4.78 is 42.4. The SMILES string of the molecule is COc1cc(C)c(S(=O)(=O)N2CCCCC2COCC(=O)N2CCn3c(nc(CN4CCCCC4)c3Cl)C2)c(C)c1. The molecule has 1 amide bonds. The maximum absolute atomic E-state index is 13.8. The van der Waals surface area contributed by atoms with Gasteiger partial charge >= 0.3 is 0 Å². The molecule has 226 valence electrons. The number of halogens is 1. The number of ether oxygens (including phenoxy) is 2. The molecule has 4 heterocycles. The molecule has 10 nitrogen and oxygen atoms in total. The number of aromatic nitrogens is 2. The van der Waals surface area contributed by atoms with E-state index in [9.17, 15) is 13.2 Å². The van der Waals surface area contributed by atoms with E-state index in [2.05, 4.69) is 4.90 Å². The minimum atomic E-state index is -3.74. The molecule has 41 heavy (non-hydrogen) atoms. The Morgan fingerprint density at radius 1 is 1.02 bits per heavy atom. The largest absolute Gasteiger partial charge is 0.497 e. The van der Waals surface area contributed by atoms with E-state index >= 15 is 0 Å². The Balaban J connectivity index is 1.18. The lowest BCUT2D eigenvalue weighted by molar-refractivity contribution is -0.138. The predicted molar refractivity (Wildman–Crippen MR) is 157 cm³/mol. The maximum Gasteiger partial charge on any atom is 0.249 e. The lowest BCUT2D eigenvalue weighted by Gasteiger charge is -2.35. The summed E-state index contributed by atoms with van der Waals surface area (Å²) in [5, 5.41) is 0.676. The highest BCUT2D eigenvalue weighted by Gasteiger charge is 2.36. The summed E-state index contributed by atoms with van der Waals surface area (Å²) in [6, 6.07) is 3.18. The number of hydrogen-bond donors (Lipinski definition) is 0. The van der Waals surface area contributed by atoms with Crippen molar-refractivity contribution in [3.8, 4) is 5.75 Å². The van der Waals surface area contributed by atoms with Gasteiger partial charge in [0.2, 0.25) is 15.9 Å². The molecule has 3 aliphatic heterocycles. The molecular weight excluding hydrogens is 566 g/mol. The number of methoxy groups -OCH3 is 1. The molecule has 2 aromatic rings. The summed E-state index contributed by atoms with van der Waals surface area (Å²) >= 11 is 6.67. The molecule has 0 radical (unpaired) electrons. The molecule has 0 bridgehead atoms. The number of carbonyl (C=O) groups excluding carboxylic acids is 1. The summed E-state index contributed by atoms with van der Waals surface area (Å²) in [6.07, 6.45) is 6.11. The van der Waals surface area contributed by atoms with Gasteiger partial charge in [-0.1, -0.05) is 24.4 Å². The van der Waals surface area contributed by atoms with Gasteiger partial charge in [-0.3, -0.25) is 9.69 Å². The molecule has 2 saturated heterocycles. The number of hydrogen-bond acceptors (Lipinski definition) is 7. The molecule has 1 aromatic heterocycles. The Morgan fingerprint density at radius 2 is 1.73 bits per heavy atom. The Bertz CT molecular complexity index is 1330. The fraction of sp³-hybridized carbons (Fsp3) is 0.655. The van der Waals surface area contributed by atoms with Crippen molar-refractivity contribution in [1.29, 1.82) is 0 Å². The molecular formula is C29H42ClN5O5S. The number of amides is 1. The van der Waals surface area contributed by atoms with Crippen molar-refractivity contribution < 1.29 is 22.7 Å². The van der Waals surface area contributed by atoms with Crippen LogP contribution in [0.1, 0.15) is 61.2 Å². The van der Waals surface area contributed by atoms with E-state index in [0.29, 0.717) is 59.5 Å². The van der Waals surface area contributed by atoms with Gasteiger partial charge in [-0.2, -0.15) is 4.31 Å². The van der Waals surface area contributed by atoms with Gasteiger partial charge in [-0.25, -0.2) is 13.4 Å². The van der Waals surface area contributed by atoms with Gasteiger partial charge in [0, 0.05) is 32.2 Å². The van der Waals surface area contributed by atoms with Crippen LogP contribution < -0.4 is 4.74 Å². The number of sulfonamides is 1.